The van der Waals surface area contributed by atoms with E-state index in [0.717, 1.165) is 16.9 Å². The summed E-state index contributed by atoms with van der Waals surface area (Å²) in [6.07, 6.45) is 0. The predicted octanol–water partition coefficient (Wildman–Crippen LogP) is 4.59. The molecule has 0 heterocycles. The number of carbonyl (C=O) groups excluding carboxylic acids is 1. The monoisotopic (exact) mass is 337 g/mol. The van der Waals surface area contributed by atoms with Gasteiger partial charge in [0.15, 0.2) is 0 Å². The fraction of sp³-hybridized carbons (Fsp3) is 0.235. The first-order valence-corrected chi connectivity index (χ1v) is 8.45. The minimum absolute atomic E-state index is 0.0381. The molecule has 0 bridgehead atoms. The van der Waals surface area contributed by atoms with Gasteiger partial charge in [-0.15, -0.1) is 11.8 Å². The highest BCUT2D eigenvalue weighted by atomic mass is 35.5. The maximum absolute atomic E-state index is 12.9. The molecule has 1 unspecified atom stereocenters. The number of halogens is 2. The first kappa shape index (κ1) is 16.8. The van der Waals surface area contributed by atoms with Gasteiger partial charge in [0.05, 0.1) is 11.8 Å². The van der Waals surface area contributed by atoms with Crippen molar-refractivity contribution in [1.82, 2.24) is 5.32 Å². The lowest BCUT2D eigenvalue weighted by molar-refractivity contribution is -0.119. The van der Waals surface area contributed by atoms with E-state index in [1.165, 1.54) is 23.9 Å². The Hall–Kier alpha value is -1.52. The minimum atomic E-state index is -0.278. The van der Waals surface area contributed by atoms with Crippen LogP contribution in [0.5, 0.6) is 0 Å². The Morgan fingerprint density at radius 3 is 2.68 bits per heavy atom. The molecule has 0 radical (unpaired) electrons. The van der Waals surface area contributed by atoms with Crippen molar-refractivity contribution in [3.8, 4) is 0 Å². The van der Waals surface area contributed by atoms with E-state index >= 15 is 0 Å². The Morgan fingerprint density at radius 2 is 2.00 bits per heavy atom. The average molecular weight is 338 g/mol. The molecule has 2 aromatic rings. The Balaban J connectivity index is 1.76. The number of amides is 1. The van der Waals surface area contributed by atoms with Crippen molar-refractivity contribution in [3.63, 3.8) is 0 Å². The summed E-state index contributed by atoms with van der Waals surface area (Å²) >= 11 is 7.45. The van der Waals surface area contributed by atoms with Crippen LogP contribution in [0.4, 0.5) is 4.39 Å². The van der Waals surface area contributed by atoms with Crippen molar-refractivity contribution in [2.75, 3.05) is 5.75 Å². The van der Waals surface area contributed by atoms with Crippen LogP contribution < -0.4 is 5.32 Å². The summed E-state index contributed by atoms with van der Waals surface area (Å²) in [5.74, 6) is 0.792. The third kappa shape index (κ3) is 5.35. The number of benzene rings is 2. The summed E-state index contributed by atoms with van der Waals surface area (Å²) in [5, 5.41) is 3.61. The summed E-state index contributed by atoms with van der Waals surface area (Å²) < 4.78 is 12.9. The number of hydrogen-bond donors (Lipinski definition) is 1. The fourth-order valence-corrected chi connectivity index (χ4v) is 3.01. The summed E-state index contributed by atoms with van der Waals surface area (Å²) in [7, 11) is 0. The zero-order valence-electron chi connectivity index (χ0n) is 12.2. The van der Waals surface area contributed by atoms with Gasteiger partial charge in [-0.3, -0.25) is 4.79 Å². The molecular weight excluding hydrogens is 321 g/mol. The second-order valence-electron chi connectivity index (χ2n) is 4.96. The maximum Gasteiger partial charge on any atom is 0.230 e. The van der Waals surface area contributed by atoms with Crippen LogP contribution >= 0.6 is 23.4 Å². The number of rotatable bonds is 6. The highest BCUT2D eigenvalue weighted by Gasteiger charge is 2.09. The SMILES string of the molecule is CC(NC(=O)CSCc1cccc(Cl)c1)c1ccc(F)cc1. The van der Waals surface area contributed by atoms with E-state index in [1.807, 2.05) is 31.2 Å². The molecule has 2 nitrogen and oxygen atoms in total. The lowest BCUT2D eigenvalue weighted by Gasteiger charge is -2.14. The molecule has 1 N–H and O–H groups in total. The van der Waals surface area contributed by atoms with E-state index in [0.29, 0.717) is 10.8 Å². The smallest absolute Gasteiger partial charge is 0.230 e. The Labute approximate surface area is 139 Å². The van der Waals surface area contributed by atoms with Gasteiger partial charge >= 0.3 is 0 Å². The van der Waals surface area contributed by atoms with Crippen molar-refractivity contribution >= 4 is 29.3 Å². The maximum atomic E-state index is 12.9. The van der Waals surface area contributed by atoms with E-state index < -0.39 is 0 Å². The minimum Gasteiger partial charge on any atom is -0.349 e. The van der Waals surface area contributed by atoms with Gasteiger partial charge < -0.3 is 5.32 Å². The molecule has 2 rings (SSSR count). The predicted molar refractivity (Wildman–Crippen MR) is 90.6 cm³/mol. The van der Waals surface area contributed by atoms with Crippen LogP contribution in [0.2, 0.25) is 5.02 Å². The number of thioether (sulfide) groups is 1. The van der Waals surface area contributed by atoms with Gasteiger partial charge in [0.1, 0.15) is 5.82 Å². The molecule has 0 saturated heterocycles. The molecule has 1 amide bonds. The molecule has 0 fully saturated rings. The van der Waals surface area contributed by atoms with Crippen LogP contribution in [-0.2, 0) is 10.5 Å². The quantitative estimate of drug-likeness (QED) is 0.835. The van der Waals surface area contributed by atoms with Gasteiger partial charge in [-0.1, -0.05) is 35.9 Å². The lowest BCUT2D eigenvalue weighted by Crippen LogP contribution is -2.28. The van der Waals surface area contributed by atoms with Crippen LogP contribution in [0.15, 0.2) is 48.5 Å². The molecule has 116 valence electrons. The zero-order valence-corrected chi connectivity index (χ0v) is 13.8. The van der Waals surface area contributed by atoms with Crippen molar-refractivity contribution in [1.29, 1.82) is 0 Å². The summed E-state index contributed by atoms with van der Waals surface area (Å²) in [6, 6.07) is 13.6. The lowest BCUT2D eigenvalue weighted by atomic mass is 10.1. The first-order valence-electron chi connectivity index (χ1n) is 6.91. The van der Waals surface area contributed by atoms with Crippen molar-refractivity contribution in [2.45, 2.75) is 18.7 Å². The van der Waals surface area contributed by atoms with E-state index in [4.69, 9.17) is 11.6 Å². The summed E-state index contributed by atoms with van der Waals surface area (Å²) in [4.78, 5) is 11.9. The third-order valence-electron chi connectivity index (χ3n) is 3.14. The highest BCUT2D eigenvalue weighted by molar-refractivity contribution is 7.99. The molecule has 1 atom stereocenters. The average Bonchev–Trinajstić information content (AvgIpc) is 2.48. The van der Waals surface area contributed by atoms with Crippen molar-refractivity contribution < 1.29 is 9.18 Å². The van der Waals surface area contributed by atoms with E-state index in [2.05, 4.69) is 5.32 Å². The topological polar surface area (TPSA) is 29.1 Å². The number of nitrogens with one attached hydrogen (secondary N) is 1. The Morgan fingerprint density at radius 1 is 1.27 bits per heavy atom. The van der Waals surface area contributed by atoms with E-state index in [9.17, 15) is 9.18 Å². The summed E-state index contributed by atoms with van der Waals surface area (Å²) in [5.41, 5.74) is 1.98. The molecule has 0 aliphatic heterocycles. The van der Waals surface area contributed by atoms with Gasteiger partial charge in [-0.05, 0) is 42.3 Å². The van der Waals surface area contributed by atoms with Crippen molar-refractivity contribution in [3.05, 3.63) is 70.5 Å². The van der Waals surface area contributed by atoms with Gasteiger partial charge in [0, 0.05) is 10.8 Å². The van der Waals surface area contributed by atoms with E-state index in [1.54, 1.807) is 12.1 Å². The highest BCUT2D eigenvalue weighted by Crippen LogP contribution is 2.17. The second-order valence-corrected chi connectivity index (χ2v) is 6.39. The number of hydrogen-bond acceptors (Lipinski definition) is 2. The number of carbonyl (C=O) groups is 1. The van der Waals surface area contributed by atoms with Gasteiger partial charge in [0.2, 0.25) is 5.91 Å². The standard InChI is InChI=1S/C17H17ClFNOS/c1-12(14-5-7-16(19)8-6-14)20-17(21)11-22-10-13-3-2-4-15(18)9-13/h2-9,12H,10-11H2,1H3,(H,20,21). The molecule has 2 aromatic carbocycles. The normalized spacial score (nSPS) is 12.0. The van der Waals surface area contributed by atoms with Crippen molar-refractivity contribution in [2.24, 2.45) is 0 Å². The largest absolute Gasteiger partial charge is 0.349 e. The molecule has 22 heavy (non-hydrogen) atoms. The van der Waals surface area contributed by atoms with Gasteiger partial charge in [-0.2, -0.15) is 0 Å². The molecule has 0 saturated carbocycles. The van der Waals surface area contributed by atoms with E-state index in [-0.39, 0.29) is 17.8 Å². The second kappa shape index (κ2) is 8.20. The first-order chi connectivity index (χ1) is 10.5. The Kier molecular flexibility index (Phi) is 6.28. The summed E-state index contributed by atoms with van der Waals surface area (Å²) in [6.45, 7) is 1.88. The fourth-order valence-electron chi connectivity index (χ4n) is 2.01. The zero-order chi connectivity index (χ0) is 15.9. The molecule has 5 heteroatoms. The molecule has 0 aliphatic carbocycles. The Bertz CT molecular complexity index is 633. The van der Waals surface area contributed by atoms with Crippen LogP contribution in [0.1, 0.15) is 24.1 Å². The van der Waals surface area contributed by atoms with Gasteiger partial charge in [0.25, 0.3) is 0 Å². The van der Waals surface area contributed by atoms with Crippen LogP contribution in [0.3, 0.4) is 0 Å². The molecule has 0 aliphatic rings. The van der Waals surface area contributed by atoms with Crippen LogP contribution in [0.25, 0.3) is 0 Å². The van der Waals surface area contributed by atoms with Gasteiger partial charge in [-0.25, -0.2) is 4.39 Å². The molecule has 0 aromatic heterocycles. The van der Waals surface area contributed by atoms with Crippen LogP contribution in [-0.4, -0.2) is 11.7 Å². The van der Waals surface area contributed by atoms with Crippen LogP contribution in [0, 0.1) is 5.82 Å². The third-order valence-corrected chi connectivity index (χ3v) is 4.38. The molecule has 0 spiro atoms. The molecular formula is C17H17ClFNOS.